The van der Waals surface area contributed by atoms with E-state index in [-0.39, 0.29) is 11.7 Å². The van der Waals surface area contributed by atoms with E-state index in [9.17, 15) is 10.0 Å². The van der Waals surface area contributed by atoms with Crippen LogP contribution in [0.3, 0.4) is 0 Å². The van der Waals surface area contributed by atoms with Gasteiger partial charge in [-0.15, -0.1) is 0 Å². The fourth-order valence-electron chi connectivity index (χ4n) is 4.64. The summed E-state index contributed by atoms with van der Waals surface area (Å²) in [7, 11) is 5.79. The van der Waals surface area contributed by atoms with Crippen LogP contribution in [-0.4, -0.2) is 57.8 Å². The van der Waals surface area contributed by atoms with E-state index < -0.39 is 0 Å². The van der Waals surface area contributed by atoms with Gasteiger partial charge in [-0.25, -0.2) is 4.98 Å². The maximum absolute atomic E-state index is 13.5. The molecule has 0 spiro atoms. The predicted octanol–water partition coefficient (Wildman–Crippen LogP) is 4.60. The Labute approximate surface area is 209 Å². The number of hydrogen-bond donors (Lipinski definition) is 2. The summed E-state index contributed by atoms with van der Waals surface area (Å²) in [5.74, 6) is 0.0323. The number of aryl methyl sites for hydroxylation is 1. The number of pyridine rings is 1. The van der Waals surface area contributed by atoms with Crippen LogP contribution < -0.4 is 4.90 Å². The summed E-state index contributed by atoms with van der Waals surface area (Å²) in [6, 6.07) is 17.7. The summed E-state index contributed by atoms with van der Waals surface area (Å²) in [5.41, 5.74) is 7.91. The van der Waals surface area contributed by atoms with Gasteiger partial charge in [-0.3, -0.25) is 9.78 Å². The van der Waals surface area contributed by atoms with Gasteiger partial charge in [0, 0.05) is 48.4 Å². The summed E-state index contributed by atoms with van der Waals surface area (Å²) in [4.78, 5) is 29.4. The maximum Gasteiger partial charge on any atom is 0.293 e. The van der Waals surface area contributed by atoms with Crippen molar-refractivity contribution in [3.8, 4) is 22.5 Å². The lowest BCUT2D eigenvalue weighted by Gasteiger charge is -2.18. The summed E-state index contributed by atoms with van der Waals surface area (Å²) >= 11 is 0. The smallest absolute Gasteiger partial charge is 0.293 e. The quantitative estimate of drug-likeness (QED) is 0.310. The molecule has 1 amide bonds. The molecule has 0 bridgehead atoms. The van der Waals surface area contributed by atoms with Gasteiger partial charge in [0.25, 0.3) is 5.91 Å². The number of H-pyrrole nitrogens is 1. The Hall–Kier alpha value is -4.30. The second kappa shape index (κ2) is 9.75. The standard InChI is InChI=1S/C28H28N6O2/c1-33(2)17-18-5-4-6-22(15-18)34(3)28(35)27-30-25(19-11-13-29-14-12-19)26(31-27)21-7-9-23-20(16-21)8-10-24(23)32-36/h4-7,9,11-16,36H,8,10,17H2,1-3H3,(H,30,31)/b32-24-. The van der Waals surface area contributed by atoms with Crippen LogP contribution in [-0.2, 0) is 13.0 Å². The number of rotatable bonds is 6. The highest BCUT2D eigenvalue weighted by Gasteiger charge is 2.24. The number of nitrogens with zero attached hydrogens (tertiary/aromatic N) is 5. The molecule has 2 aromatic carbocycles. The van der Waals surface area contributed by atoms with Crippen molar-refractivity contribution in [3.63, 3.8) is 0 Å². The molecule has 1 aliphatic carbocycles. The molecule has 36 heavy (non-hydrogen) atoms. The molecular weight excluding hydrogens is 452 g/mol. The third-order valence-corrected chi connectivity index (χ3v) is 6.42. The average Bonchev–Trinajstić information content (AvgIpc) is 3.52. The molecule has 0 fully saturated rings. The number of benzene rings is 2. The Kier molecular flexibility index (Phi) is 6.35. The minimum atomic E-state index is -0.227. The first-order chi connectivity index (χ1) is 17.4. The number of imidazole rings is 1. The van der Waals surface area contributed by atoms with E-state index in [0.29, 0.717) is 17.8 Å². The zero-order valence-corrected chi connectivity index (χ0v) is 20.6. The molecule has 0 saturated carbocycles. The van der Waals surface area contributed by atoms with Gasteiger partial charge < -0.3 is 20.0 Å². The van der Waals surface area contributed by atoms with E-state index in [2.05, 4.69) is 32.2 Å². The molecule has 0 saturated heterocycles. The van der Waals surface area contributed by atoms with E-state index in [1.54, 1.807) is 24.3 Å². The van der Waals surface area contributed by atoms with Gasteiger partial charge in [-0.2, -0.15) is 0 Å². The molecule has 5 rings (SSSR count). The van der Waals surface area contributed by atoms with Gasteiger partial charge in [-0.1, -0.05) is 29.4 Å². The van der Waals surface area contributed by atoms with Gasteiger partial charge in [0.1, 0.15) is 0 Å². The van der Waals surface area contributed by atoms with E-state index >= 15 is 0 Å². The Morgan fingerprint density at radius 2 is 1.83 bits per heavy atom. The number of anilines is 1. The molecule has 0 unspecified atom stereocenters. The summed E-state index contributed by atoms with van der Waals surface area (Å²) in [6.45, 7) is 0.786. The largest absolute Gasteiger partial charge is 0.411 e. The van der Waals surface area contributed by atoms with Crippen molar-refractivity contribution < 1.29 is 10.0 Å². The molecule has 2 aromatic heterocycles. The predicted molar refractivity (Wildman–Crippen MR) is 140 cm³/mol. The minimum absolute atomic E-state index is 0.227. The van der Waals surface area contributed by atoms with Crippen LogP contribution in [0.1, 0.15) is 33.7 Å². The number of aromatic nitrogens is 3. The van der Waals surface area contributed by atoms with Crippen LogP contribution in [0.5, 0.6) is 0 Å². The summed E-state index contributed by atoms with van der Waals surface area (Å²) in [5, 5.41) is 12.7. The molecule has 8 heteroatoms. The first-order valence-corrected chi connectivity index (χ1v) is 11.8. The second-order valence-corrected chi connectivity index (χ2v) is 9.24. The van der Waals surface area contributed by atoms with E-state index in [4.69, 9.17) is 4.98 Å². The molecule has 0 radical (unpaired) electrons. The van der Waals surface area contributed by atoms with Gasteiger partial charge in [0.05, 0.1) is 17.1 Å². The fraction of sp³-hybridized carbons (Fsp3) is 0.214. The molecular formula is C28H28N6O2. The SMILES string of the molecule is CN(C)Cc1cccc(N(C)C(=O)c2nc(-c3ccc4c(c3)CC/C4=N/O)c(-c3ccncc3)[nH]2)c1. The number of nitrogens with one attached hydrogen (secondary N) is 1. The van der Waals surface area contributed by atoms with Crippen molar-refractivity contribution in [2.24, 2.45) is 5.16 Å². The number of carbonyl (C=O) groups excluding carboxylic acids is 1. The second-order valence-electron chi connectivity index (χ2n) is 9.24. The van der Waals surface area contributed by atoms with Gasteiger partial charge in [-0.05, 0) is 68.4 Å². The molecule has 2 heterocycles. The van der Waals surface area contributed by atoms with Crippen molar-refractivity contribution in [1.82, 2.24) is 19.9 Å². The minimum Gasteiger partial charge on any atom is -0.411 e. The molecule has 1 aliphatic rings. The zero-order valence-electron chi connectivity index (χ0n) is 20.6. The highest BCUT2D eigenvalue weighted by molar-refractivity contribution is 6.06. The van der Waals surface area contributed by atoms with Crippen molar-refractivity contribution in [3.05, 3.63) is 89.5 Å². The van der Waals surface area contributed by atoms with Crippen LogP contribution in [0.4, 0.5) is 5.69 Å². The Balaban J connectivity index is 1.54. The number of hydrogen-bond acceptors (Lipinski definition) is 6. The monoisotopic (exact) mass is 480 g/mol. The highest BCUT2D eigenvalue weighted by Crippen LogP contribution is 2.34. The lowest BCUT2D eigenvalue weighted by molar-refractivity contribution is 0.0984. The van der Waals surface area contributed by atoms with Crippen LogP contribution >= 0.6 is 0 Å². The first-order valence-electron chi connectivity index (χ1n) is 11.8. The maximum atomic E-state index is 13.5. The van der Waals surface area contributed by atoms with Crippen LogP contribution in [0.15, 0.2) is 72.1 Å². The van der Waals surface area contributed by atoms with Gasteiger partial charge in [0.2, 0.25) is 0 Å². The fourth-order valence-corrected chi connectivity index (χ4v) is 4.64. The number of aromatic amines is 1. The number of fused-ring (bicyclic) bond motifs is 1. The first kappa shape index (κ1) is 23.4. The van der Waals surface area contributed by atoms with Crippen LogP contribution in [0.25, 0.3) is 22.5 Å². The number of carbonyl (C=O) groups is 1. The molecule has 0 aliphatic heterocycles. The summed E-state index contributed by atoms with van der Waals surface area (Å²) in [6.07, 6.45) is 4.94. The molecule has 8 nitrogen and oxygen atoms in total. The van der Waals surface area contributed by atoms with Crippen molar-refractivity contribution in [2.45, 2.75) is 19.4 Å². The summed E-state index contributed by atoms with van der Waals surface area (Å²) < 4.78 is 0. The molecule has 182 valence electrons. The van der Waals surface area contributed by atoms with Crippen molar-refractivity contribution >= 4 is 17.3 Å². The Morgan fingerprint density at radius 3 is 2.58 bits per heavy atom. The molecule has 2 N–H and O–H groups in total. The Morgan fingerprint density at radius 1 is 1.03 bits per heavy atom. The topological polar surface area (TPSA) is 97.7 Å². The number of oxime groups is 1. The number of amides is 1. The average molecular weight is 481 g/mol. The Bertz CT molecular complexity index is 1440. The van der Waals surface area contributed by atoms with E-state index in [1.165, 1.54) is 0 Å². The van der Waals surface area contributed by atoms with Crippen LogP contribution in [0, 0.1) is 0 Å². The van der Waals surface area contributed by atoms with Crippen molar-refractivity contribution in [2.75, 3.05) is 26.0 Å². The lowest BCUT2D eigenvalue weighted by Crippen LogP contribution is -2.27. The van der Waals surface area contributed by atoms with E-state index in [1.807, 2.05) is 56.6 Å². The van der Waals surface area contributed by atoms with Crippen LogP contribution in [0.2, 0.25) is 0 Å². The molecule has 0 atom stereocenters. The molecule has 4 aromatic rings. The third kappa shape index (κ3) is 4.50. The van der Waals surface area contributed by atoms with E-state index in [0.717, 1.165) is 52.2 Å². The lowest BCUT2D eigenvalue weighted by atomic mass is 10.0. The van der Waals surface area contributed by atoms with Crippen molar-refractivity contribution in [1.29, 1.82) is 0 Å². The normalized spacial score (nSPS) is 13.8. The van der Waals surface area contributed by atoms with Gasteiger partial charge >= 0.3 is 0 Å². The third-order valence-electron chi connectivity index (χ3n) is 6.42. The highest BCUT2D eigenvalue weighted by atomic mass is 16.4. The zero-order chi connectivity index (χ0) is 25.2. The van der Waals surface area contributed by atoms with Gasteiger partial charge in [0.15, 0.2) is 5.82 Å².